The van der Waals surface area contributed by atoms with Crippen LogP contribution >= 0.6 is 10.5 Å². The molecule has 0 saturated carbocycles. The molecular weight excluding hydrogens is 210 g/mol. The van der Waals surface area contributed by atoms with Crippen molar-refractivity contribution in [2.45, 2.75) is 24.7 Å². The molecule has 4 N–H and O–H groups in total. The minimum atomic E-state index is -0.602. The van der Waals surface area contributed by atoms with E-state index < -0.39 is 15.7 Å². The first kappa shape index (κ1) is 12.2. The number of aliphatic hydroxyl groups excluding tert-OH is 1. The summed E-state index contributed by atoms with van der Waals surface area (Å²) in [6.45, 7) is 2.08. The van der Waals surface area contributed by atoms with Gasteiger partial charge >= 0.3 is 0 Å². The second-order valence-corrected chi connectivity index (χ2v) is 5.33. The van der Waals surface area contributed by atoms with Crippen LogP contribution in [0.1, 0.15) is 19.8 Å². The summed E-state index contributed by atoms with van der Waals surface area (Å²) < 4.78 is 0. The molecule has 4 heteroatoms. The normalized spacial score (nSPS) is 12.5. The van der Waals surface area contributed by atoms with Crippen molar-refractivity contribution in [2.75, 3.05) is 11.5 Å². The highest BCUT2D eigenvalue weighted by Crippen LogP contribution is 2.29. The van der Waals surface area contributed by atoms with Gasteiger partial charge in [-0.05, 0) is 30.4 Å². The maximum Gasteiger partial charge on any atom is 0.209 e. The van der Waals surface area contributed by atoms with Gasteiger partial charge in [0.25, 0.3) is 0 Å². The van der Waals surface area contributed by atoms with Gasteiger partial charge in [0, 0.05) is 10.6 Å². The first-order valence-electron chi connectivity index (χ1n) is 4.96. The lowest BCUT2D eigenvalue weighted by molar-refractivity contribution is 0.384. The van der Waals surface area contributed by atoms with Crippen LogP contribution in [0.2, 0.25) is 0 Å². The molecule has 84 valence electrons. The van der Waals surface area contributed by atoms with E-state index in [1.165, 1.54) is 0 Å². The number of unbranched alkanes of at least 4 members (excludes halogenated alkanes) is 1. The van der Waals surface area contributed by atoms with Crippen LogP contribution in [0.3, 0.4) is 0 Å². The van der Waals surface area contributed by atoms with Gasteiger partial charge in [0.2, 0.25) is 5.24 Å². The van der Waals surface area contributed by atoms with Crippen molar-refractivity contribution in [1.29, 1.82) is 0 Å². The lowest BCUT2D eigenvalue weighted by Gasteiger charge is -2.09. The quantitative estimate of drug-likeness (QED) is 0.547. The molecule has 3 nitrogen and oxygen atoms in total. The Labute approximate surface area is 92.5 Å². The predicted octanol–water partition coefficient (Wildman–Crippen LogP) is 2.90. The standard InChI is InChI=1S/C11H17NO2S/c1-2-3-7-15(11(13)14)10-6-4-5-9(12)8-10/h4-6,8,13-14H,2-3,7,12H2,1H3. The number of hydrogen-bond acceptors (Lipinski definition) is 1. The van der Waals surface area contributed by atoms with Gasteiger partial charge < -0.3 is 15.9 Å². The lowest BCUT2D eigenvalue weighted by Crippen LogP contribution is -1.98. The maximum atomic E-state index is 9.23. The van der Waals surface area contributed by atoms with Gasteiger partial charge in [0.15, 0.2) is 0 Å². The van der Waals surface area contributed by atoms with E-state index in [0.29, 0.717) is 5.69 Å². The SMILES string of the molecule is CCCCS(=C(O)O)c1cccc(N)c1. The molecule has 0 aliphatic rings. The molecule has 15 heavy (non-hydrogen) atoms. The third kappa shape index (κ3) is 3.66. The highest BCUT2D eigenvalue weighted by molar-refractivity contribution is 8.15. The fourth-order valence-electron chi connectivity index (χ4n) is 1.27. The van der Waals surface area contributed by atoms with Crippen LogP contribution in [0.25, 0.3) is 0 Å². The highest BCUT2D eigenvalue weighted by Gasteiger charge is 2.04. The second-order valence-electron chi connectivity index (χ2n) is 3.30. The molecular formula is C11H17NO2S. The van der Waals surface area contributed by atoms with Crippen LogP contribution in [0.5, 0.6) is 0 Å². The van der Waals surface area contributed by atoms with Crippen LogP contribution in [0.15, 0.2) is 29.2 Å². The second kappa shape index (κ2) is 5.90. The van der Waals surface area contributed by atoms with Gasteiger partial charge in [-0.2, -0.15) is 0 Å². The van der Waals surface area contributed by atoms with Gasteiger partial charge in [0.05, 0.1) is 0 Å². The smallest absolute Gasteiger partial charge is 0.209 e. The molecule has 1 atom stereocenters. The Balaban J connectivity index is 2.95. The van der Waals surface area contributed by atoms with E-state index in [1.807, 2.05) is 12.1 Å². The summed E-state index contributed by atoms with van der Waals surface area (Å²) in [4.78, 5) is 0.892. The van der Waals surface area contributed by atoms with E-state index in [0.717, 1.165) is 23.5 Å². The Bertz CT molecular complexity index is 359. The number of anilines is 1. The molecule has 0 saturated heterocycles. The Morgan fingerprint density at radius 3 is 2.67 bits per heavy atom. The summed E-state index contributed by atoms with van der Waals surface area (Å²) in [5, 5.41) is 18.0. The van der Waals surface area contributed by atoms with Gasteiger partial charge in [0.1, 0.15) is 0 Å². The monoisotopic (exact) mass is 227 g/mol. The fourth-order valence-corrected chi connectivity index (χ4v) is 3.00. The summed E-state index contributed by atoms with van der Waals surface area (Å²) in [5.41, 5.74) is 6.31. The number of nitrogen functional groups attached to an aromatic ring is 1. The van der Waals surface area contributed by atoms with Gasteiger partial charge in [-0.25, -0.2) is 0 Å². The lowest BCUT2D eigenvalue weighted by atomic mass is 10.3. The molecule has 0 aromatic heterocycles. The van der Waals surface area contributed by atoms with Crippen molar-refractivity contribution in [3.8, 4) is 0 Å². The van der Waals surface area contributed by atoms with E-state index >= 15 is 0 Å². The minimum Gasteiger partial charge on any atom is -0.399 e. The predicted molar refractivity (Wildman–Crippen MR) is 66.8 cm³/mol. The Morgan fingerprint density at radius 1 is 1.40 bits per heavy atom. The Morgan fingerprint density at radius 2 is 2.13 bits per heavy atom. The number of hydrogen-bond donors (Lipinski definition) is 3. The molecule has 1 aromatic rings. The molecule has 1 aromatic carbocycles. The van der Waals surface area contributed by atoms with E-state index in [1.54, 1.807) is 12.1 Å². The third-order valence-electron chi connectivity index (χ3n) is 2.07. The van der Waals surface area contributed by atoms with Crippen molar-refractivity contribution >= 4 is 21.4 Å². The summed E-state index contributed by atoms with van der Waals surface area (Å²) in [7, 11) is -0.602. The van der Waals surface area contributed by atoms with Crippen molar-refractivity contribution in [3.05, 3.63) is 24.3 Å². The van der Waals surface area contributed by atoms with Crippen molar-refractivity contribution in [3.63, 3.8) is 0 Å². The molecule has 1 unspecified atom stereocenters. The molecule has 0 aliphatic carbocycles. The van der Waals surface area contributed by atoms with Crippen LogP contribution in [0, 0.1) is 0 Å². The number of benzene rings is 1. The van der Waals surface area contributed by atoms with Crippen molar-refractivity contribution in [1.82, 2.24) is 0 Å². The van der Waals surface area contributed by atoms with Crippen LogP contribution in [-0.2, 0) is 0 Å². The molecule has 0 amide bonds. The molecule has 0 radical (unpaired) electrons. The Kier molecular flexibility index (Phi) is 4.81. The van der Waals surface area contributed by atoms with E-state index in [4.69, 9.17) is 5.73 Å². The van der Waals surface area contributed by atoms with E-state index in [2.05, 4.69) is 6.92 Å². The molecule has 1 rings (SSSR count). The summed E-state index contributed by atoms with van der Waals surface area (Å²) in [6.07, 6.45) is 2.02. The first-order valence-corrected chi connectivity index (χ1v) is 6.36. The van der Waals surface area contributed by atoms with Crippen LogP contribution in [-0.4, -0.2) is 21.2 Å². The van der Waals surface area contributed by atoms with E-state index in [-0.39, 0.29) is 0 Å². The molecule has 0 heterocycles. The number of nitrogens with two attached hydrogens (primary N) is 1. The Hall–Kier alpha value is -0.840. The van der Waals surface area contributed by atoms with E-state index in [9.17, 15) is 10.2 Å². The minimum absolute atomic E-state index is 0.492. The van der Waals surface area contributed by atoms with Crippen LogP contribution in [0.4, 0.5) is 5.69 Å². The highest BCUT2D eigenvalue weighted by atomic mass is 32.2. The van der Waals surface area contributed by atoms with Crippen LogP contribution < -0.4 is 5.73 Å². The van der Waals surface area contributed by atoms with Gasteiger partial charge in [-0.1, -0.05) is 19.4 Å². The van der Waals surface area contributed by atoms with Gasteiger partial charge in [-0.3, -0.25) is 0 Å². The zero-order valence-corrected chi connectivity index (χ0v) is 9.63. The largest absolute Gasteiger partial charge is 0.399 e. The van der Waals surface area contributed by atoms with Crippen molar-refractivity contribution < 1.29 is 10.2 Å². The molecule has 0 bridgehead atoms. The molecule has 0 fully saturated rings. The molecule has 0 spiro atoms. The van der Waals surface area contributed by atoms with Gasteiger partial charge in [-0.15, -0.1) is 10.5 Å². The topological polar surface area (TPSA) is 66.5 Å². The zero-order chi connectivity index (χ0) is 11.3. The fraction of sp³-hybridized carbons (Fsp3) is 0.364. The maximum absolute atomic E-state index is 9.23. The van der Waals surface area contributed by atoms with Crippen molar-refractivity contribution in [2.24, 2.45) is 0 Å². The summed E-state index contributed by atoms with van der Waals surface area (Å²) >= 11 is 0. The number of rotatable bonds is 4. The average molecular weight is 227 g/mol. The molecule has 0 aliphatic heterocycles. The zero-order valence-electron chi connectivity index (χ0n) is 8.81. The summed E-state index contributed by atoms with van der Waals surface area (Å²) in [5.74, 6) is 0.766. The summed E-state index contributed by atoms with van der Waals surface area (Å²) in [6, 6.07) is 7.30. The third-order valence-corrected chi connectivity index (χ3v) is 4.03. The first-order chi connectivity index (χ1) is 7.15. The average Bonchev–Trinajstić information content (AvgIpc) is 2.18. The number of aliphatic hydroxyl groups is 2.